The van der Waals surface area contributed by atoms with Crippen LogP contribution in [0.4, 0.5) is 5.82 Å². The molecule has 0 aliphatic heterocycles. The topological polar surface area (TPSA) is 168 Å². The Hall–Kier alpha value is -2.45. The fourth-order valence-corrected chi connectivity index (χ4v) is 5.43. The van der Waals surface area contributed by atoms with Crippen molar-refractivity contribution in [3.05, 3.63) is 81.4 Å². The highest BCUT2D eigenvalue weighted by molar-refractivity contribution is 7.83. The number of carbonyl (C=O) groups is 1. The maximum absolute atomic E-state index is 13.3. The van der Waals surface area contributed by atoms with Gasteiger partial charge in [0.1, 0.15) is 12.1 Å². The third-order valence-electron chi connectivity index (χ3n) is 5.72. The number of ketones is 1. The Morgan fingerprint density at radius 2 is 2.09 bits per heavy atom. The van der Waals surface area contributed by atoms with Crippen molar-refractivity contribution in [2.24, 2.45) is 11.7 Å². The highest BCUT2D eigenvalue weighted by Crippen LogP contribution is 2.32. The number of halogens is 1. The Bertz CT molecular complexity index is 1320. The third-order valence-corrected chi connectivity index (χ3v) is 7.33. The Balaban J connectivity index is 1.47. The molecule has 1 fully saturated rings. The van der Waals surface area contributed by atoms with Gasteiger partial charge in [0.05, 0.1) is 22.6 Å². The van der Waals surface area contributed by atoms with E-state index in [0.717, 1.165) is 17.7 Å². The lowest BCUT2D eigenvalue weighted by atomic mass is 10.0. The van der Waals surface area contributed by atoms with Crippen LogP contribution in [-0.4, -0.2) is 46.0 Å². The summed E-state index contributed by atoms with van der Waals surface area (Å²) in [6, 6.07) is 8.24. The molecule has 1 aliphatic carbocycles. The second kappa shape index (κ2) is 10.7. The van der Waals surface area contributed by atoms with Gasteiger partial charge in [-0.2, -0.15) is 13.1 Å². The molecule has 4 rings (SSSR count). The average molecular weight is 537 g/mol. The molecule has 2 aromatic heterocycles. The van der Waals surface area contributed by atoms with Gasteiger partial charge in [0.2, 0.25) is 5.78 Å². The second-order valence-corrected chi connectivity index (χ2v) is 10.7. The molecule has 0 unspecified atom stereocenters. The van der Waals surface area contributed by atoms with Crippen molar-refractivity contribution >= 4 is 44.8 Å². The quantitative estimate of drug-likeness (QED) is 0.204. The molecule has 10 nitrogen and oxygen atoms in total. The fourth-order valence-electron chi connectivity index (χ4n) is 3.98. The molecule has 185 valence electrons. The summed E-state index contributed by atoms with van der Waals surface area (Å²) in [5, 5.41) is 15.8. The molecule has 1 radical (unpaired) electrons. The Morgan fingerprint density at radius 1 is 1.29 bits per heavy atom. The van der Waals surface area contributed by atoms with Gasteiger partial charge in [-0.05, 0) is 47.5 Å². The van der Waals surface area contributed by atoms with Gasteiger partial charge in [0, 0.05) is 29.7 Å². The van der Waals surface area contributed by atoms with Gasteiger partial charge < -0.3 is 16.2 Å². The van der Waals surface area contributed by atoms with E-state index in [-0.39, 0.29) is 17.4 Å². The number of hydrogen-bond donors (Lipinski definition) is 5. The third kappa shape index (κ3) is 6.41. The van der Waals surface area contributed by atoms with E-state index >= 15 is 0 Å². The minimum absolute atomic E-state index is 0.259. The Kier molecular flexibility index (Phi) is 7.81. The number of aliphatic hydroxyl groups is 1. The first-order chi connectivity index (χ1) is 16.6. The maximum atomic E-state index is 13.3. The van der Waals surface area contributed by atoms with Crippen LogP contribution in [-0.2, 0) is 10.3 Å². The average Bonchev–Trinajstić information content (AvgIpc) is 3.43. The largest absolute Gasteiger partial charge is 0.393 e. The summed E-state index contributed by atoms with van der Waals surface area (Å²) < 4.78 is 32.5. The van der Waals surface area contributed by atoms with E-state index in [0.29, 0.717) is 28.6 Å². The zero-order chi connectivity index (χ0) is 25.2. The summed E-state index contributed by atoms with van der Waals surface area (Å²) in [5.41, 5.74) is 8.23. The van der Waals surface area contributed by atoms with Crippen LogP contribution in [0.1, 0.15) is 45.2 Å². The zero-order valence-corrected chi connectivity index (χ0v) is 20.6. The number of anilines is 1. The van der Waals surface area contributed by atoms with E-state index in [9.17, 15) is 18.3 Å². The zero-order valence-electron chi connectivity index (χ0n) is 18.2. The van der Waals surface area contributed by atoms with Gasteiger partial charge in [-0.25, -0.2) is 9.97 Å². The number of rotatable bonds is 9. The number of carbonyl (C=O) groups excluding carboxylic acids is 1. The van der Waals surface area contributed by atoms with Gasteiger partial charge in [-0.1, -0.05) is 23.7 Å². The van der Waals surface area contributed by atoms with E-state index in [1.165, 1.54) is 23.9 Å². The molecule has 6 N–H and O–H groups in total. The molecule has 3 aromatic rings. The van der Waals surface area contributed by atoms with Crippen LogP contribution in [0.15, 0.2) is 48.2 Å². The van der Waals surface area contributed by atoms with Crippen molar-refractivity contribution in [1.82, 2.24) is 14.7 Å². The molecule has 13 heteroatoms. The number of aliphatic hydroxyl groups excluding tert-OH is 1. The summed E-state index contributed by atoms with van der Waals surface area (Å²) in [5.74, 6) is -0.500. The van der Waals surface area contributed by atoms with Crippen molar-refractivity contribution in [2.45, 2.75) is 31.0 Å². The van der Waals surface area contributed by atoms with E-state index in [1.807, 2.05) is 22.2 Å². The van der Waals surface area contributed by atoms with E-state index in [1.54, 1.807) is 18.2 Å². The molecule has 0 spiro atoms. The van der Waals surface area contributed by atoms with Crippen molar-refractivity contribution in [3.8, 4) is 0 Å². The normalized spacial score (nSPS) is 21.1. The van der Waals surface area contributed by atoms with Crippen LogP contribution >= 0.6 is 22.9 Å². The molecule has 0 saturated heterocycles. The SMILES string of the molecule is N[C@@H](c1cccc(Cl)c1)c1csc(C(=O)c2cncnc2N[C@H]2C[C@H](O)[C@@H]([CH]NS(=O)(=O)O)C2)c1. The number of nitrogens with zero attached hydrogens (tertiary/aromatic N) is 2. The maximum Gasteiger partial charge on any atom is 0.333 e. The van der Waals surface area contributed by atoms with Gasteiger partial charge in [-0.3, -0.25) is 9.35 Å². The molecule has 35 heavy (non-hydrogen) atoms. The van der Waals surface area contributed by atoms with E-state index in [2.05, 4.69) is 15.3 Å². The number of hydrogen-bond acceptors (Lipinski definition) is 9. The monoisotopic (exact) mass is 536 g/mol. The number of nitrogens with two attached hydrogens (primary N) is 1. The van der Waals surface area contributed by atoms with Crippen molar-refractivity contribution in [3.63, 3.8) is 0 Å². The van der Waals surface area contributed by atoms with Crippen LogP contribution in [0.3, 0.4) is 0 Å². The fraction of sp³-hybridized carbons (Fsp3) is 0.273. The lowest BCUT2D eigenvalue weighted by Gasteiger charge is -2.15. The molecular formula is C22H23ClN5O5S2. The molecule has 1 aliphatic rings. The smallest absolute Gasteiger partial charge is 0.333 e. The van der Waals surface area contributed by atoms with Crippen LogP contribution in [0.5, 0.6) is 0 Å². The van der Waals surface area contributed by atoms with Gasteiger partial charge in [-0.15, -0.1) is 11.3 Å². The van der Waals surface area contributed by atoms with Gasteiger partial charge in [0.25, 0.3) is 0 Å². The molecule has 2 heterocycles. The summed E-state index contributed by atoms with van der Waals surface area (Å²) in [6.07, 6.45) is 2.55. The Labute approximate surface area is 211 Å². The first-order valence-corrected chi connectivity index (χ1v) is 13.3. The van der Waals surface area contributed by atoms with Gasteiger partial charge in [0.15, 0.2) is 0 Å². The molecule has 0 bridgehead atoms. The van der Waals surface area contributed by atoms with E-state index < -0.39 is 28.4 Å². The number of aromatic nitrogens is 2. The lowest BCUT2D eigenvalue weighted by molar-refractivity contribution is 0.104. The van der Waals surface area contributed by atoms with Crippen molar-refractivity contribution in [1.29, 1.82) is 0 Å². The van der Waals surface area contributed by atoms with Crippen LogP contribution < -0.4 is 15.8 Å². The van der Waals surface area contributed by atoms with Gasteiger partial charge >= 0.3 is 10.3 Å². The molecule has 1 saturated carbocycles. The standard InChI is InChI=1S/C22H23ClN5O5S2/c23-15-3-1-2-12(4-15)20(24)14-6-19(34-10-14)21(30)17-9-25-11-26-22(17)28-16-5-13(18(29)7-16)8-27-35(31,32)33/h1-4,6,8-11,13,16,18,20,27,29H,5,7,24H2,(H,25,26,28)(H,31,32,33)/t13-,16-,18+,20+/m1/s1. The summed E-state index contributed by atoms with van der Waals surface area (Å²) in [6.45, 7) is 1.14. The number of thiophene rings is 1. The number of nitrogens with one attached hydrogen (secondary N) is 2. The lowest BCUT2D eigenvalue weighted by Crippen LogP contribution is -2.27. The number of benzene rings is 1. The second-order valence-electron chi connectivity index (χ2n) is 8.19. The van der Waals surface area contributed by atoms with Crippen LogP contribution in [0.25, 0.3) is 0 Å². The van der Waals surface area contributed by atoms with Crippen LogP contribution in [0.2, 0.25) is 5.02 Å². The minimum Gasteiger partial charge on any atom is -0.393 e. The molecule has 4 atom stereocenters. The predicted octanol–water partition coefficient (Wildman–Crippen LogP) is 2.58. The highest BCUT2D eigenvalue weighted by atomic mass is 35.5. The molecular weight excluding hydrogens is 514 g/mol. The first-order valence-electron chi connectivity index (χ1n) is 10.6. The van der Waals surface area contributed by atoms with Crippen LogP contribution in [0, 0.1) is 12.5 Å². The van der Waals surface area contributed by atoms with Crippen molar-refractivity contribution < 1.29 is 22.9 Å². The minimum atomic E-state index is -4.40. The molecule has 1 aromatic carbocycles. The summed E-state index contributed by atoms with van der Waals surface area (Å²) in [7, 11) is -4.40. The van der Waals surface area contributed by atoms with E-state index in [4.69, 9.17) is 21.9 Å². The summed E-state index contributed by atoms with van der Waals surface area (Å²) in [4.78, 5) is 21.9. The first kappa shape index (κ1) is 25.6. The Morgan fingerprint density at radius 3 is 2.83 bits per heavy atom. The molecule has 0 amide bonds. The van der Waals surface area contributed by atoms with Crippen molar-refractivity contribution in [2.75, 3.05) is 5.32 Å². The highest BCUT2D eigenvalue weighted by Gasteiger charge is 2.34. The summed E-state index contributed by atoms with van der Waals surface area (Å²) >= 11 is 7.33. The predicted molar refractivity (Wildman–Crippen MR) is 132 cm³/mol.